The fraction of sp³-hybridized carbons (Fsp3) is 0.222. The lowest BCUT2D eigenvalue weighted by Crippen LogP contribution is -2.06. The summed E-state index contributed by atoms with van der Waals surface area (Å²) in [5, 5.41) is 4.80. The molecule has 0 fully saturated rings. The first-order chi connectivity index (χ1) is 12.4. The Kier molecular flexibility index (Phi) is 5.18. The van der Waals surface area contributed by atoms with Crippen molar-refractivity contribution in [1.29, 1.82) is 0 Å². The predicted molar refractivity (Wildman–Crippen MR) is 98.4 cm³/mol. The Bertz CT molecular complexity index is 920. The largest absolute Gasteiger partial charge is 0.459 e. The summed E-state index contributed by atoms with van der Waals surface area (Å²) in [6, 6.07) is 11.6. The zero-order chi connectivity index (χ0) is 18.7. The highest BCUT2D eigenvalue weighted by Gasteiger charge is 2.20. The summed E-state index contributed by atoms with van der Waals surface area (Å²) in [7, 11) is 1.79. The van der Waals surface area contributed by atoms with Crippen LogP contribution in [0.1, 0.15) is 23.7 Å². The van der Waals surface area contributed by atoms with Gasteiger partial charge >= 0.3 is 5.97 Å². The van der Waals surface area contributed by atoms with Crippen molar-refractivity contribution in [3.63, 3.8) is 0 Å². The molecule has 26 heavy (non-hydrogen) atoms. The Morgan fingerprint density at radius 3 is 2.65 bits per heavy atom. The molecule has 0 amide bonds. The summed E-state index contributed by atoms with van der Waals surface area (Å²) in [6.45, 7) is 1.49. The number of ether oxygens (including phenoxy) is 1. The molecule has 0 saturated heterocycles. The Morgan fingerprint density at radius 1 is 1.27 bits per heavy atom. The van der Waals surface area contributed by atoms with Crippen molar-refractivity contribution in [2.45, 2.75) is 20.0 Å². The van der Waals surface area contributed by atoms with Crippen LogP contribution in [-0.4, -0.2) is 25.7 Å². The molecule has 0 aliphatic rings. The van der Waals surface area contributed by atoms with E-state index in [9.17, 15) is 4.79 Å². The molecule has 0 saturated carbocycles. The van der Waals surface area contributed by atoms with E-state index in [4.69, 9.17) is 22.1 Å². The third-order valence-corrected chi connectivity index (χ3v) is 4.06. The number of aryl methyl sites for hydroxylation is 1. The number of esters is 1. The van der Waals surface area contributed by atoms with E-state index in [0.29, 0.717) is 17.8 Å². The van der Waals surface area contributed by atoms with Gasteiger partial charge < -0.3 is 10.5 Å². The van der Waals surface area contributed by atoms with E-state index in [-0.39, 0.29) is 23.7 Å². The zero-order valence-electron chi connectivity index (χ0n) is 14.4. The van der Waals surface area contributed by atoms with Gasteiger partial charge in [-0.25, -0.2) is 9.97 Å². The zero-order valence-corrected chi connectivity index (χ0v) is 15.2. The smallest absolute Gasteiger partial charge is 0.303 e. The maximum absolute atomic E-state index is 11.3. The van der Waals surface area contributed by atoms with Crippen LogP contribution in [0.3, 0.4) is 0 Å². The number of nitrogens with two attached hydrogens (primary N) is 1. The molecular weight excluding hydrogens is 354 g/mol. The normalized spacial score (nSPS) is 10.7. The standard InChI is InChI=1S/C18H18ClN5O2/c1-11(25)26-10-15-13(8-12-6-4-3-5-7-12)17(23-24(15)2)14-9-16(19)22-18(20)21-14/h3-7,9H,8,10H2,1-2H3,(H2,20,21,22). The van der Waals surface area contributed by atoms with Crippen LogP contribution in [-0.2, 0) is 29.6 Å². The number of rotatable bonds is 5. The van der Waals surface area contributed by atoms with Crippen LogP contribution in [0.2, 0.25) is 5.15 Å². The van der Waals surface area contributed by atoms with Gasteiger partial charge in [0.05, 0.1) is 11.4 Å². The topological polar surface area (TPSA) is 95.9 Å². The maximum Gasteiger partial charge on any atom is 0.303 e. The number of anilines is 1. The molecule has 0 aliphatic heterocycles. The van der Waals surface area contributed by atoms with Crippen LogP contribution in [0.15, 0.2) is 36.4 Å². The predicted octanol–water partition coefficient (Wildman–Crippen LogP) is 2.77. The van der Waals surface area contributed by atoms with Gasteiger partial charge in [-0.2, -0.15) is 5.10 Å². The first-order valence-corrected chi connectivity index (χ1v) is 8.34. The molecule has 0 bridgehead atoms. The summed E-state index contributed by atoms with van der Waals surface area (Å²) >= 11 is 6.03. The maximum atomic E-state index is 11.3. The third kappa shape index (κ3) is 4.00. The number of aromatic nitrogens is 4. The fourth-order valence-corrected chi connectivity index (χ4v) is 2.89. The number of hydrogen-bond acceptors (Lipinski definition) is 6. The number of benzene rings is 1. The van der Waals surface area contributed by atoms with Crippen molar-refractivity contribution < 1.29 is 9.53 Å². The van der Waals surface area contributed by atoms with E-state index in [2.05, 4.69) is 15.1 Å². The molecule has 2 heterocycles. The molecule has 3 aromatic rings. The SMILES string of the molecule is CC(=O)OCc1c(Cc2ccccc2)c(-c2cc(Cl)nc(N)n2)nn1C. The van der Waals surface area contributed by atoms with Gasteiger partial charge in [0.15, 0.2) is 0 Å². The van der Waals surface area contributed by atoms with E-state index < -0.39 is 0 Å². The number of carbonyl (C=O) groups is 1. The molecular formula is C18H18ClN5O2. The molecule has 134 valence electrons. The lowest BCUT2D eigenvalue weighted by atomic mass is 10.0. The van der Waals surface area contributed by atoms with E-state index in [1.807, 2.05) is 30.3 Å². The van der Waals surface area contributed by atoms with E-state index in [1.165, 1.54) is 6.92 Å². The number of nitrogen functional groups attached to an aromatic ring is 1. The highest BCUT2D eigenvalue weighted by Crippen LogP contribution is 2.28. The van der Waals surface area contributed by atoms with Gasteiger partial charge in [-0.05, 0) is 5.56 Å². The Morgan fingerprint density at radius 2 is 2.00 bits per heavy atom. The van der Waals surface area contributed by atoms with Gasteiger partial charge in [0.1, 0.15) is 17.5 Å². The Balaban J connectivity index is 2.10. The molecule has 0 atom stereocenters. The third-order valence-electron chi connectivity index (χ3n) is 3.87. The minimum atomic E-state index is -0.354. The first kappa shape index (κ1) is 17.9. The van der Waals surface area contributed by atoms with E-state index in [1.54, 1.807) is 17.8 Å². The quantitative estimate of drug-likeness (QED) is 0.547. The van der Waals surface area contributed by atoms with Crippen LogP contribution >= 0.6 is 11.6 Å². The number of halogens is 1. The van der Waals surface area contributed by atoms with Crippen molar-refractivity contribution in [1.82, 2.24) is 19.7 Å². The lowest BCUT2D eigenvalue weighted by Gasteiger charge is -2.08. The van der Waals surface area contributed by atoms with Crippen molar-refractivity contribution in [3.8, 4) is 11.4 Å². The van der Waals surface area contributed by atoms with E-state index >= 15 is 0 Å². The van der Waals surface area contributed by atoms with Gasteiger partial charge in [0, 0.05) is 32.0 Å². The minimum absolute atomic E-state index is 0.0744. The molecule has 2 aromatic heterocycles. The van der Waals surface area contributed by atoms with Gasteiger partial charge in [0.2, 0.25) is 5.95 Å². The molecule has 3 rings (SSSR count). The number of hydrogen-bond donors (Lipinski definition) is 1. The van der Waals surface area contributed by atoms with Crippen molar-refractivity contribution >= 4 is 23.5 Å². The highest BCUT2D eigenvalue weighted by atomic mass is 35.5. The van der Waals surface area contributed by atoms with Crippen LogP contribution < -0.4 is 5.73 Å². The van der Waals surface area contributed by atoms with Crippen LogP contribution in [0.5, 0.6) is 0 Å². The molecule has 8 heteroatoms. The monoisotopic (exact) mass is 371 g/mol. The summed E-state index contributed by atoms with van der Waals surface area (Å²) in [6.07, 6.45) is 0.599. The van der Waals surface area contributed by atoms with Gasteiger partial charge in [0.25, 0.3) is 0 Å². The first-order valence-electron chi connectivity index (χ1n) is 7.96. The van der Waals surface area contributed by atoms with Gasteiger partial charge in [-0.3, -0.25) is 9.48 Å². The average molecular weight is 372 g/mol. The summed E-state index contributed by atoms with van der Waals surface area (Å²) < 4.78 is 6.88. The summed E-state index contributed by atoms with van der Waals surface area (Å²) in [5.74, 6) is -0.280. The van der Waals surface area contributed by atoms with Gasteiger partial charge in [-0.15, -0.1) is 0 Å². The Hall–Kier alpha value is -2.93. The van der Waals surface area contributed by atoms with Crippen molar-refractivity contribution in [2.75, 3.05) is 5.73 Å². The van der Waals surface area contributed by atoms with Crippen molar-refractivity contribution in [2.24, 2.45) is 7.05 Å². The molecule has 0 radical (unpaired) electrons. The van der Waals surface area contributed by atoms with Gasteiger partial charge in [-0.1, -0.05) is 41.9 Å². The second-order valence-electron chi connectivity index (χ2n) is 5.77. The molecule has 1 aromatic carbocycles. The number of nitrogens with zero attached hydrogens (tertiary/aromatic N) is 4. The van der Waals surface area contributed by atoms with Crippen LogP contribution in [0, 0.1) is 0 Å². The summed E-state index contributed by atoms with van der Waals surface area (Å²) in [5.41, 5.74) is 9.67. The minimum Gasteiger partial charge on any atom is -0.459 e. The average Bonchev–Trinajstić information content (AvgIpc) is 2.89. The van der Waals surface area contributed by atoms with E-state index in [0.717, 1.165) is 16.8 Å². The number of carbonyl (C=O) groups excluding carboxylic acids is 1. The fourth-order valence-electron chi connectivity index (χ4n) is 2.70. The van der Waals surface area contributed by atoms with Crippen LogP contribution in [0.4, 0.5) is 5.95 Å². The molecule has 0 aliphatic carbocycles. The van der Waals surface area contributed by atoms with Crippen LogP contribution in [0.25, 0.3) is 11.4 Å². The molecule has 0 unspecified atom stereocenters. The second-order valence-corrected chi connectivity index (χ2v) is 6.16. The molecule has 7 nitrogen and oxygen atoms in total. The highest BCUT2D eigenvalue weighted by molar-refractivity contribution is 6.29. The second kappa shape index (κ2) is 7.53. The molecule has 2 N–H and O–H groups in total. The lowest BCUT2D eigenvalue weighted by molar-refractivity contribution is -0.142. The van der Waals surface area contributed by atoms with Crippen molar-refractivity contribution in [3.05, 3.63) is 58.4 Å². The Labute approximate surface area is 155 Å². The summed E-state index contributed by atoms with van der Waals surface area (Å²) in [4.78, 5) is 19.4. The molecule has 0 spiro atoms.